The smallest absolute Gasteiger partial charge is 0.191 e. The lowest BCUT2D eigenvalue weighted by Crippen LogP contribution is -2.52. The summed E-state index contributed by atoms with van der Waals surface area (Å²) in [5.74, 6) is 0.813. The molecular weight excluding hydrogens is 491 g/mol. The van der Waals surface area contributed by atoms with Crippen LogP contribution in [0.25, 0.3) is 0 Å². The minimum atomic E-state index is -0.173. The van der Waals surface area contributed by atoms with E-state index in [4.69, 9.17) is 14.2 Å². The molecule has 7 nitrogen and oxygen atoms in total. The van der Waals surface area contributed by atoms with Gasteiger partial charge in [0, 0.05) is 71.3 Å². The number of nitrogens with one attached hydrogen (secondary N) is 2. The Morgan fingerprint density at radius 1 is 1.25 bits per heavy atom. The molecule has 1 aromatic rings. The van der Waals surface area contributed by atoms with Crippen LogP contribution in [0.4, 0.5) is 0 Å². The van der Waals surface area contributed by atoms with Crippen molar-refractivity contribution in [2.24, 2.45) is 4.99 Å². The summed E-state index contributed by atoms with van der Waals surface area (Å²) in [5, 5.41) is 9.11. The SMILES string of the molecule is CN=C(NCC(c1cccs1)N1CCOCC1)NCC1(OC)CCOCC1.I. The van der Waals surface area contributed by atoms with Gasteiger partial charge in [-0.25, -0.2) is 0 Å². The van der Waals surface area contributed by atoms with E-state index in [0.29, 0.717) is 6.04 Å². The normalized spacial score (nSPS) is 21.6. The molecule has 1 atom stereocenters. The largest absolute Gasteiger partial charge is 0.381 e. The van der Waals surface area contributed by atoms with Crippen molar-refractivity contribution >= 4 is 41.3 Å². The maximum Gasteiger partial charge on any atom is 0.191 e. The average molecular weight is 524 g/mol. The molecule has 1 unspecified atom stereocenters. The number of rotatable bonds is 7. The van der Waals surface area contributed by atoms with Crippen LogP contribution in [0.15, 0.2) is 22.5 Å². The minimum Gasteiger partial charge on any atom is -0.381 e. The van der Waals surface area contributed by atoms with E-state index < -0.39 is 0 Å². The highest BCUT2D eigenvalue weighted by molar-refractivity contribution is 14.0. The van der Waals surface area contributed by atoms with E-state index in [1.165, 1.54) is 4.88 Å². The lowest BCUT2D eigenvalue weighted by Gasteiger charge is -2.37. The summed E-state index contributed by atoms with van der Waals surface area (Å²) in [6.07, 6.45) is 1.80. The molecule has 0 spiro atoms. The lowest BCUT2D eigenvalue weighted by atomic mass is 9.94. The molecule has 0 aliphatic carbocycles. The quantitative estimate of drug-likeness (QED) is 0.324. The van der Waals surface area contributed by atoms with Gasteiger partial charge in [-0.15, -0.1) is 35.3 Å². The molecule has 2 aliphatic rings. The predicted octanol–water partition coefficient (Wildman–Crippen LogP) is 2.10. The van der Waals surface area contributed by atoms with Gasteiger partial charge in [0.2, 0.25) is 0 Å². The van der Waals surface area contributed by atoms with E-state index in [2.05, 4.69) is 38.0 Å². The fraction of sp³-hybridized carbons (Fsp3) is 0.737. The first-order valence-electron chi connectivity index (χ1n) is 9.69. The second kappa shape index (κ2) is 12.3. The molecule has 0 amide bonds. The van der Waals surface area contributed by atoms with Crippen molar-refractivity contribution in [3.63, 3.8) is 0 Å². The van der Waals surface area contributed by atoms with Crippen molar-refractivity contribution < 1.29 is 14.2 Å². The number of thiophene rings is 1. The molecule has 0 bridgehead atoms. The molecule has 0 saturated carbocycles. The highest BCUT2D eigenvalue weighted by atomic mass is 127. The van der Waals surface area contributed by atoms with Gasteiger partial charge in [-0.1, -0.05) is 6.07 Å². The van der Waals surface area contributed by atoms with Crippen molar-refractivity contribution in [3.05, 3.63) is 22.4 Å². The number of nitrogens with zero attached hydrogens (tertiary/aromatic N) is 2. The number of hydrogen-bond donors (Lipinski definition) is 2. The Labute approximate surface area is 189 Å². The summed E-state index contributed by atoms with van der Waals surface area (Å²) in [4.78, 5) is 8.27. The zero-order valence-corrected chi connectivity index (χ0v) is 20.0. The molecule has 1 aromatic heterocycles. The summed E-state index contributed by atoms with van der Waals surface area (Å²) in [7, 11) is 3.60. The van der Waals surface area contributed by atoms with E-state index in [0.717, 1.165) is 71.4 Å². The van der Waals surface area contributed by atoms with Crippen LogP contribution in [0.1, 0.15) is 23.8 Å². The Balaban J connectivity index is 0.00000280. The van der Waals surface area contributed by atoms with Gasteiger partial charge in [0.25, 0.3) is 0 Å². The third kappa shape index (κ3) is 6.53. The zero-order valence-electron chi connectivity index (χ0n) is 16.8. The number of guanidine groups is 1. The van der Waals surface area contributed by atoms with Gasteiger partial charge in [-0.2, -0.15) is 0 Å². The van der Waals surface area contributed by atoms with E-state index in [1.807, 2.05) is 7.05 Å². The zero-order chi connectivity index (χ0) is 19.0. The number of ether oxygens (including phenoxy) is 3. The highest BCUT2D eigenvalue weighted by Crippen LogP contribution is 2.26. The van der Waals surface area contributed by atoms with Gasteiger partial charge in [-0.3, -0.25) is 9.89 Å². The third-order valence-corrected chi connectivity index (χ3v) is 6.43. The van der Waals surface area contributed by atoms with Gasteiger partial charge in [0.05, 0.1) is 24.9 Å². The Bertz CT molecular complexity index is 576. The molecule has 9 heteroatoms. The minimum absolute atomic E-state index is 0. The second-order valence-corrected chi connectivity index (χ2v) is 7.97. The lowest BCUT2D eigenvalue weighted by molar-refractivity contribution is -0.0855. The summed E-state index contributed by atoms with van der Waals surface area (Å²) >= 11 is 1.81. The fourth-order valence-corrected chi connectivity index (χ4v) is 4.50. The van der Waals surface area contributed by atoms with E-state index in [9.17, 15) is 0 Å². The molecule has 3 heterocycles. The second-order valence-electron chi connectivity index (χ2n) is 6.99. The van der Waals surface area contributed by atoms with Crippen LogP contribution in [0.2, 0.25) is 0 Å². The van der Waals surface area contributed by atoms with Crippen LogP contribution in [0, 0.1) is 0 Å². The Hall–Kier alpha value is -0.460. The highest BCUT2D eigenvalue weighted by Gasteiger charge is 2.32. The van der Waals surface area contributed by atoms with Crippen molar-refractivity contribution in [2.45, 2.75) is 24.5 Å². The summed E-state index contributed by atoms with van der Waals surface area (Å²) in [6, 6.07) is 4.66. The maximum absolute atomic E-state index is 5.81. The van der Waals surface area contributed by atoms with E-state index >= 15 is 0 Å². The maximum atomic E-state index is 5.81. The third-order valence-electron chi connectivity index (χ3n) is 5.46. The standard InChI is InChI=1S/C19H32N4O3S.HI/c1-20-18(22-15-19(24-2)5-9-25-10-6-19)21-14-16(17-4-3-13-27-17)23-7-11-26-12-8-23;/h3-4,13,16H,5-12,14-15H2,1-2H3,(H2,20,21,22);1H. The van der Waals surface area contributed by atoms with Crippen LogP contribution >= 0.6 is 35.3 Å². The van der Waals surface area contributed by atoms with E-state index in [1.54, 1.807) is 18.4 Å². The molecule has 160 valence electrons. The monoisotopic (exact) mass is 524 g/mol. The Morgan fingerprint density at radius 3 is 2.57 bits per heavy atom. The van der Waals surface area contributed by atoms with Crippen LogP contribution < -0.4 is 10.6 Å². The van der Waals surface area contributed by atoms with Gasteiger partial charge in [0.1, 0.15) is 0 Å². The van der Waals surface area contributed by atoms with Crippen molar-refractivity contribution in [1.29, 1.82) is 0 Å². The van der Waals surface area contributed by atoms with Crippen LogP contribution in [0.3, 0.4) is 0 Å². The first-order valence-corrected chi connectivity index (χ1v) is 10.6. The van der Waals surface area contributed by atoms with Gasteiger partial charge in [-0.05, 0) is 11.4 Å². The Morgan fingerprint density at radius 2 is 1.96 bits per heavy atom. The van der Waals surface area contributed by atoms with Crippen LogP contribution in [-0.2, 0) is 14.2 Å². The Kier molecular flexibility index (Phi) is 10.4. The number of morpholine rings is 1. The van der Waals surface area contributed by atoms with Crippen molar-refractivity contribution in [3.8, 4) is 0 Å². The van der Waals surface area contributed by atoms with Gasteiger partial charge >= 0.3 is 0 Å². The number of hydrogen-bond acceptors (Lipinski definition) is 6. The molecule has 2 fully saturated rings. The molecule has 2 saturated heterocycles. The number of halogens is 1. The first-order chi connectivity index (χ1) is 13.3. The topological polar surface area (TPSA) is 67.4 Å². The molecule has 3 rings (SSSR count). The van der Waals surface area contributed by atoms with E-state index in [-0.39, 0.29) is 29.6 Å². The van der Waals surface area contributed by atoms with Gasteiger partial charge in [0.15, 0.2) is 5.96 Å². The molecule has 2 N–H and O–H groups in total. The summed E-state index contributed by atoms with van der Waals surface area (Å²) in [6.45, 7) is 6.56. The summed E-state index contributed by atoms with van der Waals surface area (Å²) < 4.78 is 16.8. The van der Waals surface area contributed by atoms with Crippen LogP contribution in [0.5, 0.6) is 0 Å². The molecule has 2 aliphatic heterocycles. The van der Waals surface area contributed by atoms with Gasteiger partial charge < -0.3 is 24.8 Å². The van der Waals surface area contributed by atoms with Crippen molar-refractivity contribution in [1.82, 2.24) is 15.5 Å². The van der Waals surface area contributed by atoms with Crippen molar-refractivity contribution in [2.75, 3.05) is 66.8 Å². The predicted molar refractivity (Wildman–Crippen MR) is 124 cm³/mol. The molecule has 0 aromatic carbocycles. The average Bonchev–Trinajstić information content (AvgIpc) is 3.26. The first kappa shape index (κ1) is 23.8. The summed E-state index contributed by atoms with van der Waals surface area (Å²) in [5.41, 5.74) is -0.173. The molecular formula is C19H33IN4O3S. The number of aliphatic imine (C=N–C) groups is 1. The van der Waals surface area contributed by atoms with Crippen LogP contribution in [-0.4, -0.2) is 83.2 Å². The molecule has 28 heavy (non-hydrogen) atoms. The number of methoxy groups -OCH3 is 1. The fourth-order valence-electron chi connectivity index (χ4n) is 3.63. The molecule has 0 radical (unpaired) electrons.